The molecule has 4 nitrogen and oxygen atoms in total. The number of benzene rings is 1. The Morgan fingerprint density at radius 3 is 2.15 bits per heavy atom. The first-order chi connectivity index (χ1) is 9.34. The zero-order chi connectivity index (χ0) is 15.3. The zero-order valence-corrected chi connectivity index (χ0v) is 13.9. The van der Waals surface area contributed by atoms with E-state index in [1.807, 2.05) is 13.8 Å². The van der Waals surface area contributed by atoms with Crippen molar-refractivity contribution < 1.29 is 13.2 Å². The first kappa shape index (κ1) is 17.0. The maximum atomic E-state index is 12.7. The van der Waals surface area contributed by atoms with Crippen molar-refractivity contribution >= 4 is 10.0 Å². The van der Waals surface area contributed by atoms with Gasteiger partial charge in [-0.15, -0.1) is 0 Å². The van der Waals surface area contributed by atoms with E-state index < -0.39 is 10.0 Å². The fraction of sp³-hybridized carbons (Fsp3) is 0.600. The highest BCUT2D eigenvalue weighted by Crippen LogP contribution is 2.27. The summed E-state index contributed by atoms with van der Waals surface area (Å²) in [6.07, 6.45) is 3.01. The molecule has 0 amide bonds. The summed E-state index contributed by atoms with van der Waals surface area (Å²) in [4.78, 5) is 0.400. The SMILES string of the molecule is CCCCCN(C)S(=O)(=O)c1c(C)cc(OC)cc1C. The van der Waals surface area contributed by atoms with Crippen molar-refractivity contribution in [3.8, 4) is 5.75 Å². The molecule has 1 aromatic carbocycles. The Kier molecular flexibility index (Phi) is 6.02. The lowest BCUT2D eigenvalue weighted by Crippen LogP contribution is -2.29. The van der Waals surface area contributed by atoms with Gasteiger partial charge in [0.05, 0.1) is 12.0 Å². The lowest BCUT2D eigenvalue weighted by molar-refractivity contribution is 0.413. The number of aryl methyl sites for hydroxylation is 2. The molecule has 0 atom stereocenters. The predicted octanol–water partition coefficient (Wildman–Crippen LogP) is 3.12. The van der Waals surface area contributed by atoms with Crippen LogP contribution in [0.25, 0.3) is 0 Å². The van der Waals surface area contributed by atoms with Gasteiger partial charge in [-0.2, -0.15) is 0 Å². The maximum Gasteiger partial charge on any atom is 0.243 e. The summed E-state index contributed by atoms with van der Waals surface area (Å²) in [7, 11) is -0.198. The highest BCUT2D eigenvalue weighted by molar-refractivity contribution is 7.89. The molecule has 0 heterocycles. The second-order valence-corrected chi connectivity index (χ2v) is 7.11. The van der Waals surface area contributed by atoms with Crippen molar-refractivity contribution in [3.63, 3.8) is 0 Å². The third kappa shape index (κ3) is 3.73. The van der Waals surface area contributed by atoms with E-state index in [1.54, 1.807) is 26.3 Å². The first-order valence-electron chi connectivity index (χ1n) is 6.96. The van der Waals surface area contributed by atoms with Crippen LogP contribution >= 0.6 is 0 Å². The summed E-state index contributed by atoms with van der Waals surface area (Å²) in [6, 6.07) is 3.53. The van der Waals surface area contributed by atoms with Crippen molar-refractivity contribution in [2.75, 3.05) is 20.7 Å². The number of rotatable bonds is 7. The van der Waals surface area contributed by atoms with Crippen LogP contribution in [-0.2, 0) is 10.0 Å². The second kappa shape index (κ2) is 7.09. The Balaban J connectivity index is 3.09. The average Bonchev–Trinajstić information content (AvgIpc) is 2.37. The van der Waals surface area contributed by atoms with Crippen molar-refractivity contribution in [2.45, 2.75) is 44.9 Å². The Hall–Kier alpha value is -1.07. The fourth-order valence-electron chi connectivity index (χ4n) is 2.30. The van der Waals surface area contributed by atoms with Gasteiger partial charge in [0.1, 0.15) is 5.75 Å². The number of ether oxygens (including phenoxy) is 1. The summed E-state index contributed by atoms with van der Waals surface area (Å²) >= 11 is 0. The molecule has 5 heteroatoms. The number of nitrogens with zero attached hydrogens (tertiary/aromatic N) is 1. The molecule has 0 aliphatic carbocycles. The maximum absolute atomic E-state index is 12.7. The smallest absolute Gasteiger partial charge is 0.243 e. The van der Waals surface area contributed by atoms with Gasteiger partial charge in [-0.25, -0.2) is 12.7 Å². The van der Waals surface area contributed by atoms with Gasteiger partial charge in [0.2, 0.25) is 10.0 Å². The highest BCUT2D eigenvalue weighted by Gasteiger charge is 2.24. The van der Waals surface area contributed by atoms with Crippen LogP contribution in [-0.4, -0.2) is 33.4 Å². The molecule has 0 aliphatic heterocycles. The predicted molar refractivity (Wildman–Crippen MR) is 81.8 cm³/mol. The fourth-order valence-corrected chi connectivity index (χ4v) is 3.91. The highest BCUT2D eigenvalue weighted by atomic mass is 32.2. The second-order valence-electron chi connectivity index (χ2n) is 5.12. The van der Waals surface area contributed by atoms with E-state index in [9.17, 15) is 8.42 Å². The monoisotopic (exact) mass is 299 g/mol. The lowest BCUT2D eigenvalue weighted by Gasteiger charge is -2.20. The lowest BCUT2D eigenvalue weighted by atomic mass is 10.1. The van der Waals surface area contributed by atoms with E-state index in [1.165, 1.54) is 4.31 Å². The number of hydrogen-bond acceptors (Lipinski definition) is 3. The van der Waals surface area contributed by atoms with Crippen LogP contribution < -0.4 is 4.74 Å². The Bertz CT molecular complexity index is 529. The minimum atomic E-state index is -3.43. The van der Waals surface area contributed by atoms with Gasteiger partial charge in [-0.1, -0.05) is 19.8 Å². The van der Waals surface area contributed by atoms with Gasteiger partial charge >= 0.3 is 0 Å². The molecule has 1 aromatic rings. The molecule has 0 saturated carbocycles. The molecule has 114 valence electrons. The van der Waals surface area contributed by atoms with Gasteiger partial charge in [-0.3, -0.25) is 0 Å². The molecule has 0 spiro atoms. The van der Waals surface area contributed by atoms with Crippen LogP contribution in [0.1, 0.15) is 37.3 Å². The molecular weight excluding hydrogens is 274 g/mol. The molecule has 0 saturated heterocycles. The topological polar surface area (TPSA) is 46.6 Å². The molecule has 0 unspecified atom stereocenters. The van der Waals surface area contributed by atoms with Crippen LogP contribution in [0.2, 0.25) is 0 Å². The number of hydrogen-bond donors (Lipinski definition) is 0. The molecule has 0 aromatic heterocycles. The molecular formula is C15H25NO3S. The van der Waals surface area contributed by atoms with Gasteiger partial charge in [-0.05, 0) is 43.5 Å². The van der Waals surface area contributed by atoms with Gasteiger partial charge in [0.15, 0.2) is 0 Å². The van der Waals surface area contributed by atoms with Crippen molar-refractivity contribution in [1.82, 2.24) is 4.31 Å². The summed E-state index contributed by atoms with van der Waals surface area (Å²) in [5.74, 6) is 0.688. The molecule has 1 rings (SSSR count). The van der Waals surface area contributed by atoms with E-state index in [4.69, 9.17) is 4.74 Å². The molecule has 0 radical (unpaired) electrons. The standard InChI is InChI=1S/C15H25NO3S/c1-6-7-8-9-16(4)20(17,18)15-12(2)10-14(19-5)11-13(15)3/h10-11H,6-9H2,1-5H3. The van der Waals surface area contributed by atoms with E-state index in [0.29, 0.717) is 17.2 Å². The number of sulfonamides is 1. The largest absolute Gasteiger partial charge is 0.497 e. The molecule has 0 N–H and O–H groups in total. The van der Waals surface area contributed by atoms with Crippen molar-refractivity contribution in [2.24, 2.45) is 0 Å². The summed E-state index contributed by atoms with van der Waals surface area (Å²) in [5.41, 5.74) is 1.45. The number of methoxy groups -OCH3 is 1. The van der Waals surface area contributed by atoms with E-state index >= 15 is 0 Å². The van der Waals surface area contributed by atoms with Crippen molar-refractivity contribution in [3.05, 3.63) is 23.3 Å². The average molecular weight is 299 g/mol. The summed E-state index contributed by atoms with van der Waals surface area (Å²) in [5, 5.41) is 0. The zero-order valence-electron chi connectivity index (χ0n) is 13.1. The Morgan fingerprint density at radius 1 is 1.15 bits per heavy atom. The minimum absolute atomic E-state index is 0.400. The summed E-state index contributed by atoms with van der Waals surface area (Å²) in [6.45, 7) is 6.28. The van der Waals surface area contributed by atoms with Gasteiger partial charge in [0, 0.05) is 13.6 Å². The van der Waals surface area contributed by atoms with Crippen molar-refractivity contribution in [1.29, 1.82) is 0 Å². The van der Waals surface area contributed by atoms with Crippen LogP contribution in [0, 0.1) is 13.8 Å². The van der Waals surface area contributed by atoms with E-state index in [-0.39, 0.29) is 0 Å². The summed E-state index contributed by atoms with van der Waals surface area (Å²) < 4.78 is 31.9. The molecule has 0 aliphatic rings. The third-order valence-electron chi connectivity index (χ3n) is 3.41. The minimum Gasteiger partial charge on any atom is -0.497 e. The Morgan fingerprint density at radius 2 is 1.70 bits per heavy atom. The first-order valence-corrected chi connectivity index (χ1v) is 8.40. The van der Waals surface area contributed by atoms with Crippen LogP contribution in [0.15, 0.2) is 17.0 Å². The Labute approximate surface area is 122 Å². The third-order valence-corrected chi connectivity index (χ3v) is 5.58. The molecule has 0 bridgehead atoms. The van der Waals surface area contributed by atoms with Crippen LogP contribution in [0.5, 0.6) is 5.75 Å². The van der Waals surface area contributed by atoms with Crippen LogP contribution in [0.4, 0.5) is 0 Å². The molecule has 20 heavy (non-hydrogen) atoms. The van der Waals surface area contributed by atoms with E-state index in [0.717, 1.165) is 30.4 Å². The van der Waals surface area contributed by atoms with Crippen LogP contribution in [0.3, 0.4) is 0 Å². The normalized spacial score (nSPS) is 11.9. The quantitative estimate of drug-likeness (QED) is 0.727. The number of unbranched alkanes of at least 4 members (excludes halogenated alkanes) is 2. The van der Waals surface area contributed by atoms with Gasteiger partial charge < -0.3 is 4.74 Å². The van der Waals surface area contributed by atoms with Gasteiger partial charge in [0.25, 0.3) is 0 Å². The van der Waals surface area contributed by atoms with E-state index in [2.05, 4.69) is 6.92 Å². The molecule has 0 fully saturated rings.